The molecule has 1 aliphatic rings. The van der Waals surface area contributed by atoms with E-state index >= 15 is 0 Å². The summed E-state index contributed by atoms with van der Waals surface area (Å²) >= 11 is 0. The van der Waals surface area contributed by atoms with E-state index in [1.54, 1.807) is 12.1 Å². The molecule has 4 rings (SSSR count). The van der Waals surface area contributed by atoms with Gasteiger partial charge in [-0.1, -0.05) is 31.1 Å². The lowest BCUT2D eigenvalue weighted by Crippen LogP contribution is -2.33. The summed E-state index contributed by atoms with van der Waals surface area (Å²) in [5.41, 5.74) is 3.36. The number of hydrogen-bond acceptors (Lipinski definition) is 4. The molecule has 1 aromatic carbocycles. The minimum Gasteiger partial charge on any atom is -0.336 e. The van der Waals surface area contributed by atoms with E-state index in [0.29, 0.717) is 28.9 Å². The summed E-state index contributed by atoms with van der Waals surface area (Å²) in [5.74, 6) is -0.166. The van der Waals surface area contributed by atoms with Crippen LogP contribution in [0.1, 0.15) is 59.9 Å². The number of fused-ring (bicyclic) bond motifs is 1. The van der Waals surface area contributed by atoms with Crippen molar-refractivity contribution in [2.75, 3.05) is 0 Å². The van der Waals surface area contributed by atoms with Gasteiger partial charge in [-0.3, -0.25) is 4.79 Å². The van der Waals surface area contributed by atoms with Gasteiger partial charge in [0.2, 0.25) is 0 Å². The van der Waals surface area contributed by atoms with E-state index in [0.717, 1.165) is 24.1 Å². The van der Waals surface area contributed by atoms with Crippen molar-refractivity contribution in [2.45, 2.75) is 52.1 Å². The van der Waals surface area contributed by atoms with E-state index in [-0.39, 0.29) is 23.7 Å². The summed E-state index contributed by atoms with van der Waals surface area (Å²) in [7, 11) is 0. The first-order valence-corrected chi connectivity index (χ1v) is 9.26. The van der Waals surface area contributed by atoms with Crippen LogP contribution in [0.3, 0.4) is 0 Å². The van der Waals surface area contributed by atoms with E-state index in [1.807, 2.05) is 31.7 Å². The lowest BCUT2D eigenvalue weighted by Gasteiger charge is -2.23. The monoisotopic (exact) mass is 367 g/mol. The molecule has 6 heteroatoms. The van der Waals surface area contributed by atoms with Gasteiger partial charge in [-0.25, -0.2) is 9.37 Å². The molecule has 0 unspecified atom stereocenters. The molecule has 0 N–H and O–H groups in total. The molecule has 1 fully saturated rings. The zero-order valence-electron chi connectivity index (χ0n) is 15.7. The standard InChI is InChI=1S/C21H22FN3O2/c1-12(2)18-10-17(19-13(3)24-27-20(19)23-18)21(26)25(16-8-9-16)11-14-4-6-15(22)7-5-14/h4-7,10,12,16H,8-9,11H2,1-3H3. The first kappa shape index (κ1) is 17.6. The first-order valence-electron chi connectivity index (χ1n) is 9.26. The molecular formula is C21H22FN3O2. The van der Waals surface area contributed by atoms with Crippen LogP contribution in [0, 0.1) is 12.7 Å². The van der Waals surface area contributed by atoms with Crippen molar-refractivity contribution >= 4 is 17.0 Å². The first-order chi connectivity index (χ1) is 12.9. The molecule has 1 amide bonds. The predicted octanol–water partition coefficient (Wildman–Crippen LogP) is 4.60. The highest BCUT2D eigenvalue weighted by molar-refractivity contribution is 6.06. The van der Waals surface area contributed by atoms with Gasteiger partial charge >= 0.3 is 0 Å². The Morgan fingerprint density at radius 2 is 2.00 bits per heavy atom. The fraction of sp³-hybridized carbons (Fsp3) is 0.381. The van der Waals surface area contributed by atoms with Crippen LogP contribution in [0.15, 0.2) is 34.9 Å². The van der Waals surface area contributed by atoms with E-state index in [2.05, 4.69) is 10.1 Å². The van der Waals surface area contributed by atoms with Gasteiger partial charge in [0.15, 0.2) is 0 Å². The van der Waals surface area contributed by atoms with Gasteiger partial charge in [0.05, 0.1) is 16.6 Å². The highest BCUT2D eigenvalue weighted by Crippen LogP contribution is 2.33. The minimum absolute atomic E-state index is 0.0533. The number of carbonyl (C=O) groups excluding carboxylic acids is 1. The third kappa shape index (κ3) is 3.44. The van der Waals surface area contributed by atoms with Crippen molar-refractivity contribution in [1.82, 2.24) is 15.0 Å². The van der Waals surface area contributed by atoms with Crippen molar-refractivity contribution in [2.24, 2.45) is 0 Å². The predicted molar refractivity (Wildman–Crippen MR) is 99.9 cm³/mol. The maximum atomic E-state index is 13.5. The summed E-state index contributed by atoms with van der Waals surface area (Å²) in [6.07, 6.45) is 1.97. The molecule has 27 heavy (non-hydrogen) atoms. The smallest absolute Gasteiger partial charge is 0.259 e. The number of hydrogen-bond donors (Lipinski definition) is 0. The van der Waals surface area contributed by atoms with E-state index < -0.39 is 0 Å². The molecule has 0 spiro atoms. The number of carbonyl (C=O) groups is 1. The molecule has 0 atom stereocenters. The quantitative estimate of drug-likeness (QED) is 0.661. The average Bonchev–Trinajstić information content (AvgIpc) is 3.43. The number of aromatic nitrogens is 2. The Bertz CT molecular complexity index is 991. The molecule has 0 bridgehead atoms. The SMILES string of the molecule is Cc1noc2nc(C(C)C)cc(C(=O)N(Cc3ccc(F)cc3)C3CC3)c12. The van der Waals surface area contributed by atoms with Gasteiger partial charge in [0.1, 0.15) is 5.82 Å². The van der Waals surface area contributed by atoms with Crippen LogP contribution in [-0.2, 0) is 6.54 Å². The number of nitrogens with zero attached hydrogens (tertiary/aromatic N) is 3. The molecule has 2 heterocycles. The number of rotatable bonds is 5. The zero-order chi connectivity index (χ0) is 19.1. The number of aryl methyl sites for hydroxylation is 1. The Morgan fingerprint density at radius 3 is 2.63 bits per heavy atom. The van der Waals surface area contributed by atoms with E-state index in [1.165, 1.54) is 12.1 Å². The average molecular weight is 367 g/mol. The molecule has 140 valence electrons. The van der Waals surface area contributed by atoms with Crippen LogP contribution in [0.2, 0.25) is 0 Å². The van der Waals surface area contributed by atoms with Gasteiger partial charge in [-0.15, -0.1) is 0 Å². The zero-order valence-corrected chi connectivity index (χ0v) is 15.7. The van der Waals surface area contributed by atoms with Crippen LogP contribution >= 0.6 is 0 Å². The summed E-state index contributed by atoms with van der Waals surface area (Å²) in [4.78, 5) is 19.9. The van der Waals surface area contributed by atoms with Crippen molar-refractivity contribution in [1.29, 1.82) is 0 Å². The van der Waals surface area contributed by atoms with Gasteiger partial charge in [0.25, 0.3) is 11.6 Å². The van der Waals surface area contributed by atoms with Gasteiger partial charge in [-0.05, 0) is 49.4 Å². The second kappa shape index (κ2) is 6.76. The van der Waals surface area contributed by atoms with Gasteiger partial charge in [0, 0.05) is 18.3 Å². The third-order valence-electron chi connectivity index (χ3n) is 4.97. The Kier molecular flexibility index (Phi) is 4.42. The lowest BCUT2D eigenvalue weighted by atomic mass is 10.0. The minimum atomic E-state index is -0.277. The van der Waals surface area contributed by atoms with Crippen molar-refractivity contribution in [3.63, 3.8) is 0 Å². The molecule has 1 saturated carbocycles. The number of benzene rings is 1. The summed E-state index contributed by atoms with van der Waals surface area (Å²) in [5, 5.41) is 4.68. The highest BCUT2D eigenvalue weighted by Gasteiger charge is 2.34. The number of amides is 1. The molecule has 1 aliphatic carbocycles. The van der Waals surface area contributed by atoms with Gasteiger partial charge in [-0.2, -0.15) is 0 Å². The molecule has 0 saturated heterocycles. The van der Waals surface area contributed by atoms with Crippen LogP contribution in [-0.4, -0.2) is 27.0 Å². The molecule has 0 aliphatic heterocycles. The van der Waals surface area contributed by atoms with Crippen molar-refractivity contribution in [3.05, 3.63) is 58.7 Å². The van der Waals surface area contributed by atoms with Crippen LogP contribution in [0.25, 0.3) is 11.1 Å². The maximum absolute atomic E-state index is 13.5. The molecule has 2 aromatic heterocycles. The highest BCUT2D eigenvalue weighted by atomic mass is 19.1. The second-order valence-electron chi connectivity index (χ2n) is 7.49. The molecule has 3 aromatic rings. The van der Waals surface area contributed by atoms with Crippen LogP contribution in [0.5, 0.6) is 0 Å². The Labute approximate surface area is 157 Å². The van der Waals surface area contributed by atoms with Crippen molar-refractivity contribution < 1.29 is 13.7 Å². The Balaban J connectivity index is 1.75. The number of pyridine rings is 1. The topological polar surface area (TPSA) is 59.2 Å². The lowest BCUT2D eigenvalue weighted by molar-refractivity contribution is 0.0731. The second-order valence-corrected chi connectivity index (χ2v) is 7.49. The fourth-order valence-electron chi connectivity index (χ4n) is 3.27. The van der Waals surface area contributed by atoms with Crippen LogP contribution in [0.4, 0.5) is 4.39 Å². The molecule has 0 radical (unpaired) electrons. The summed E-state index contributed by atoms with van der Waals surface area (Å²) in [6.45, 7) is 6.33. The Hall–Kier alpha value is -2.76. The maximum Gasteiger partial charge on any atom is 0.259 e. The Morgan fingerprint density at radius 1 is 1.30 bits per heavy atom. The normalized spacial score (nSPS) is 14.1. The fourth-order valence-corrected chi connectivity index (χ4v) is 3.27. The van der Waals surface area contributed by atoms with E-state index in [9.17, 15) is 9.18 Å². The summed E-state index contributed by atoms with van der Waals surface area (Å²) in [6, 6.07) is 8.38. The molecular weight excluding hydrogens is 345 g/mol. The molecule has 5 nitrogen and oxygen atoms in total. The van der Waals surface area contributed by atoms with Crippen molar-refractivity contribution in [3.8, 4) is 0 Å². The van der Waals surface area contributed by atoms with E-state index in [4.69, 9.17) is 4.52 Å². The summed E-state index contributed by atoms with van der Waals surface area (Å²) < 4.78 is 18.6. The largest absolute Gasteiger partial charge is 0.336 e. The number of halogens is 1. The van der Waals surface area contributed by atoms with Gasteiger partial charge < -0.3 is 9.42 Å². The van der Waals surface area contributed by atoms with Crippen LogP contribution < -0.4 is 0 Å². The third-order valence-corrected chi connectivity index (χ3v) is 4.97.